The summed E-state index contributed by atoms with van der Waals surface area (Å²) in [5, 5.41) is 41.5. The largest absolute Gasteiger partial charge is 0.390 e. The van der Waals surface area contributed by atoms with E-state index in [1.54, 1.807) is 32.2 Å². The van der Waals surface area contributed by atoms with E-state index in [0.29, 0.717) is 43.2 Å². The van der Waals surface area contributed by atoms with Gasteiger partial charge in [0.25, 0.3) is 0 Å². The third-order valence-electron chi connectivity index (χ3n) is 12.3. The number of aliphatic hydroxyl groups is 2. The average molecular weight is 830 g/mol. The minimum Gasteiger partial charge on any atom is -0.390 e. The Morgan fingerprint density at radius 1 is 0.879 bits per heavy atom. The summed E-state index contributed by atoms with van der Waals surface area (Å²) in [7, 11) is 0. The standard InChI is InChI=1S/C43H71N7O7S/c1-5-28(4)37(42(56)46-25-30-18-13-15-22-44-30)49-41(55)36(27(2)3)40(54)39(53)31(24-29-16-8-6-9-17-29)47-35(52)21-10-7-14-23-45-34(51)20-12-11-19-33-38-32(26-58-33)48-43(57)50-38/h13,15,18,22,27-29,31-33,36-40,53-54H,5-12,14,16-17,19-21,23-26H2,1-4H3,(H,45,51)(H,46,56)(H,47,52)(H,49,55)(H2,48,50,57)/t28?,31-,32-,33-,36+,37-,38-,39+,40+/m0/s1. The van der Waals surface area contributed by atoms with Crippen LogP contribution in [0.4, 0.5) is 4.79 Å². The first kappa shape index (κ1) is 47.3. The SMILES string of the molecule is CCC(C)[C@H](NC(=O)[C@H](C(C)C)[C@@H](O)[C@H](O)[C@H](CC1CCCCC1)NC(=O)CCCCCNC(=O)CCCC[C@@H]1SC[C@@H]2NC(=O)N[C@@H]21)C(=O)NCc1ccccn1. The van der Waals surface area contributed by atoms with Crippen LogP contribution in [0.25, 0.3) is 0 Å². The molecule has 3 heterocycles. The summed E-state index contributed by atoms with van der Waals surface area (Å²) in [5.74, 6) is -1.44. The van der Waals surface area contributed by atoms with Gasteiger partial charge in [0.2, 0.25) is 23.6 Å². The number of aliphatic hydroxyl groups excluding tert-OH is 2. The van der Waals surface area contributed by atoms with Crippen molar-refractivity contribution in [1.82, 2.24) is 36.9 Å². The van der Waals surface area contributed by atoms with Gasteiger partial charge in [0.15, 0.2) is 0 Å². The number of amides is 6. The summed E-state index contributed by atoms with van der Waals surface area (Å²) >= 11 is 1.88. The number of rotatable bonds is 25. The molecule has 1 aromatic heterocycles. The molecular formula is C43H71N7O7S. The number of hydrogen-bond donors (Lipinski definition) is 8. The molecule has 1 aliphatic carbocycles. The van der Waals surface area contributed by atoms with Crippen LogP contribution in [0.1, 0.15) is 130 Å². The Bertz CT molecular complexity index is 1450. The minimum atomic E-state index is -1.48. The first-order valence-corrected chi connectivity index (χ1v) is 23.0. The van der Waals surface area contributed by atoms with Crippen LogP contribution >= 0.6 is 11.8 Å². The molecule has 15 heteroatoms. The highest BCUT2D eigenvalue weighted by Crippen LogP contribution is 2.33. The fraction of sp³-hybridized carbons (Fsp3) is 0.767. The molecular weight excluding hydrogens is 759 g/mol. The third-order valence-corrected chi connectivity index (χ3v) is 13.8. The number of fused-ring (bicyclic) bond motifs is 1. The maximum atomic E-state index is 13.9. The van der Waals surface area contributed by atoms with Crippen LogP contribution in [0.2, 0.25) is 0 Å². The molecule has 9 atom stereocenters. The Kier molecular flexibility index (Phi) is 20.0. The van der Waals surface area contributed by atoms with Gasteiger partial charge in [0, 0.05) is 36.6 Å². The molecule has 6 amide bonds. The number of aromatic nitrogens is 1. The minimum absolute atomic E-state index is 0.0243. The van der Waals surface area contributed by atoms with Crippen LogP contribution in [0.3, 0.4) is 0 Å². The van der Waals surface area contributed by atoms with E-state index in [-0.39, 0.29) is 66.6 Å². The van der Waals surface area contributed by atoms with Gasteiger partial charge in [-0.1, -0.05) is 85.1 Å². The zero-order valence-corrected chi connectivity index (χ0v) is 36.0. The van der Waals surface area contributed by atoms with Crippen LogP contribution in [0, 0.1) is 23.7 Å². The number of carbonyl (C=O) groups excluding carboxylic acids is 5. The second-order valence-corrected chi connectivity index (χ2v) is 18.4. The second-order valence-electron chi connectivity index (χ2n) is 17.1. The van der Waals surface area contributed by atoms with Gasteiger partial charge in [-0.2, -0.15) is 11.8 Å². The average Bonchev–Trinajstić information content (AvgIpc) is 3.77. The van der Waals surface area contributed by atoms with Crippen molar-refractivity contribution >= 4 is 41.4 Å². The molecule has 14 nitrogen and oxygen atoms in total. The van der Waals surface area contributed by atoms with Gasteiger partial charge in [-0.05, 0) is 62.0 Å². The Hall–Kier alpha value is -3.43. The van der Waals surface area contributed by atoms with Gasteiger partial charge in [0.1, 0.15) is 12.1 Å². The van der Waals surface area contributed by atoms with E-state index < -0.39 is 36.1 Å². The highest BCUT2D eigenvalue weighted by Gasteiger charge is 2.43. The lowest BCUT2D eigenvalue weighted by molar-refractivity contribution is -0.140. The van der Waals surface area contributed by atoms with Crippen molar-refractivity contribution in [1.29, 1.82) is 0 Å². The van der Waals surface area contributed by atoms with E-state index in [9.17, 15) is 34.2 Å². The molecule has 2 aliphatic heterocycles. The number of pyridine rings is 1. The van der Waals surface area contributed by atoms with Gasteiger partial charge < -0.3 is 42.1 Å². The van der Waals surface area contributed by atoms with Crippen LogP contribution in [-0.4, -0.2) is 98.8 Å². The first-order chi connectivity index (χ1) is 27.9. The molecule has 1 unspecified atom stereocenters. The van der Waals surface area contributed by atoms with Crippen molar-refractivity contribution in [2.75, 3.05) is 12.3 Å². The number of nitrogens with zero attached hydrogens (tertiary/aromatic N) is 1. The molecule has 4 rings (SSSR count). The molecule has 0 aromatic carbocycles. The fourth-order valence-corrected chi connectivity index (χ4v) is 10.1. The molecule has 0 bridgehead atoms. The van der Waals surface area contributed by atoms with E-state index in [1.807, 2.05) is 31.7 Å². The van der Waals surface area contributed by atoms with E-state index in [1.165, 1.54) is 0 Å². The van der Waals surface area contributed by atoms with Crippen LogP contribution in [0.5, 0.6) is 0 Å². The zero-order valence-electron chi connectivity index (χ0n) is 35.2. The normalized spacial score (nSPS) is 22.4. The summed E-state index contributed by atoms with van der Waals surface area (Å²) in [6.45, 7) is 8.18. The molecule has 1 aromatic rings. The number of urea groups is 1. The molecule has 58 heavy (non-hydrogen) atoms. The summed E-state index contributed by atoms with van der Waals surface area (Å²) in [4.78, 5) is 68.8. The van der Waals surface area contributed by atoms with Gasteiger partial charge >= 0.3 is 6.03 Å². The van der Waals surface area contributed by atoms with Crippen molar-refractivity contribution in [3.8, 4) is 0 Å². The maximum Gasteiger partial charge on any atom is 0.315 e. The quantitative estimate of drug-likeness (QED) is 0.0527. The monoisotopic (exact) mass is 830 g/mol. The molecule has 2 saturated heterocycles. The second kappa shape index (κ2) is 24.6. The molecule has 3 aliphatic rings. The van der Waals surface area contributed by atoms with Gasteiger partial charge in [-0.15, -0.1) is 0 Å². The Morgan fingerprint density at radius 3 is 2.33 bits per heavy atom. The Labute approximate surface area is 349 Å². The molecule has 0 spiro atoms. The van der Waals surface area contributed by atoms with Crippen LogP contribution in [-0.2, 0) is 25.7 Å². The van der Waals surface area contributed by atoms with Gasteiger partial charge in [-0.25, -0.2) is 4.79 Å². The molecule has 1 saturated carbocycles. The number of thioether (sulfide) groups is 1. The highest BCUT2D eigenvalue weighted by atomic mass is 32.2. The summed E-state index contributed by atoms with van der Waals surface area (Å²) < 4.78 is 0. The predicted octanol–water partition coefficient (Wildman–Crippen LogP) is 4.08. The van der Waals surface area contributed by atoms with E-state index in [4.69, 9.17) is 0 Å². The topological polar surface area (TPSA) is 211 Å². The Balaban J connectivity index is 1.22. The maximum absolute atomic E-state index is 13.9. The molecule has 3 fully saturated rings. The summed E-state index contributed by atoms with van der Waals surface area (Å²) in [5.41, 5.74) is 0.689. The molecule has 0 radical (unpaired) electrons. The summed E-state index contributed by atoms with van der Waals surface area (Å²) in [6.07, 6.45) is 10.7. The van der Waals surface area contributed by atoms with Crippen molar-refractivity contribution in [2.24, 2.45) is 23.7 Å². The molecule has 8 N–H and O–H groups in total. The zero-order chi connectivity index (χ0) is 42.0. The van der Waals surface area contributed by atoms with E-state index >= 15 is 0 Å². The number of hydrogen-bond acceptors (Lipinski definition) is 9. The molecule has 326 valence electrons. The summed E-state index contributed by atoms with van der Waals surface area (Å²) in [6, 6.07) is 4.15. The van der Waals surface area contributed by atoms with E-state index in [0.717, 1.165) is 70.0 Å². The van der Waals surface area contributed by atoms with Gasteiger partial charge in [0.05, 0.1) is 42.4 Å². The number of nitrogens with one attached hydrogen (secondary N) is 6. The highest BCUT2D eigenvalue weighted by molar-refractivity contribution is 8.00. The van der Waals surface area contributed by atoms with Crippen molar-refractivity contribution in [3.63, 3.8) is 0 Å². The van der Waals surface area contributed by atoms with Crippen molar-refractivity contribution in [2.45, 2.75) is 172 Å². The lowest BCUT2D eigenvalue weighted by Gasteiger charge is -2.36. The van der Waals surface area contributed by atoms with Gasteiger partial charge in [-0.3, -0.25) is 24.2 Å². The van der Waals surface area contributed by atoms with Crippen LogP contribution < -0.4 is 31.9 Å². The third kappa shape index (κ3) is 15.0. The first-order valence-electron chi connectivity index (χ1n) is 22.0. The van der Waals surface area contributed by atoms with Crippen LogP contribution in [0.15, 0.2) is 24.4 Å². The van der Waals surface area contributed by atoms with E-state index in [2.05, 4.69) is 36.9 Å². The number of unbranched alkanes of at least 4 members (excludes halogenated alkanes) is 3. The van der Waals surface area contributed by atoms with Crippen molar-refractivity contribution in [3.05, 3.63) is 30.1 Å². The predicted molar refractivity (Wildman–Crippen MR) is 226 cm³/mol. The Morgan fingerprint density at radius 2 is 1.62 bits per heavy atom. The smallest absolute Gasteiger partial charge is 0.315 e. The van der Waals surface area contributed by atoms with Crippen molar-refractivity contribution < 1.29 is 34.2 Å². The lowest BCUT2D eigenvalue weighted by atomic mass is 9.79. The lowest BCUT2D eigenvalue weighted by Crippen LogP contribution is -2.57. The fourth-order valence-electron chi connectivity index (χ4n) is 8.57. The number of carbonyl (C=O) groups is 5.